The van der Waals surface area contributed by atoms with Crippen molar-refractivity contribution in [2.45, 2.75) is 20.4 Å². The highest BCUT2D eigenvalue weighted by atomic mass is 16.5. The van der Waals surface area contributed by atoms with Crippen molar-refractivity contribution in [1.29, 1.82) is 0 Å². The zero-order valence-electron chi connectivity index (χ0n) is 16.4. The van der Waals surface area contributed by atoms with Crippen LogP contribution in [0.25, 0.3) is 0 Å². The Morgan fingerprint density at radius 1 is 0.966 bits per heavy atom. The molecule has 2 aromatic carbocycles. The third kappa shape index (κ3) is 5.19. The molecule has 6 heteroatoms. The van der Waals surface area contributed by atoms with Crippen LogP contribution >= 0.6 is 0 Å². The Kier molecular flexibility index (Phi) is 6.58. The second kappa shape index (κ2) is 9.50. The molecule has 29 heavy (non-hydrogen) atoms. The Balaban J connectivity index is 1.69. The zero-order chi connectivity index (χ0) is 20.6. The van der Waals surface area contributed by atoms with Crippen molar-refractivity contribution in [3.05, 3.63) is 89.2 Å². The molecule has 148 valence electrons. The summed E-state index contributed by atoms with van der Waals surface area (Å²) in [6.45, 7) is 4.77. The lowest BCUT2D eigenvalue weighted by atomic mass is 10.1. The number of hydrogen-bond donors (Lipinski definition) is 2. The highest BCUT2D eigenvalue weighted by Crippen LogP contribution is 2.24. The van der Waals surface area contributed by atoms with E-state index in [4.69, 9.17) is 4.74 Å². The molecule has 0 bridgehead atoms. The fourth-order valence-corrected chi connectivity index (χ4v) is 2.82. The van der Waals surface area contributed by atoms with Crippen molar-refractivity contribution in [1.82, 2.24) is 10.3 Å². The molecule has 0 fully saturated rings. The van der Waals surface area contributed by atoms with Gasteiger partial charge < -0.3 is 15.4 Å². The van der Waals surface area contributed by atoms with Crippen LogP contribution in [0.5, 0.6) is 5.75 Å². The second-order valence-electron chi connectivity index (χ2n) is 6.45. The van der Waals surface area contributed by atoms with E-state index in [9.17, 15) is 9.59 Å². The maximum absolute atomic E-state index is 12.6. The number of rotatable bonds is 7. The third-order valence-electron chi connectivity index (χ3n) is 4.40. The number of pyridine rings is 1. The molecule has 3 rings (SSSR count). The normalized spacial score (nSPS) is 10.3. The highest BCUT2D eigenvalue weighted by molar-refractivity contribution is 6.06. The van der Waals surface area contributed by atoms with Gasteiger partial charge in [-0.05, 0) is 43.2 Å². The fourth-order valence-electron chi connectivity index (χ4n) is 2.82. The maximum atomic E-state index is 12.6. The van der Waals surface area contributed by atoms with E-state index in [-0.39, 0.29) is 11.8 Å². The summed E-state index contributed by atoms with van der Waals surface area (Å²) in [6.07, 6.45) is 2.87. The summed E-state index contributed by atoms with van der Waals surface area (Å²) in [6, 6.07) is 16.6. The molecule has 2 amide bonds. The summed E-state index contributed by atoms with van der Waals surface area (Å²) in [5.74, 6) is -0.0632. The number of anilines is 1. The van der Waals surface area contributed by atoms with Gasteiger partial charge in [0, 0.05) is 18.9 Å². The van der Waals surface area contributed by atoms with Crippen molar-refractivity contribution in [3.63, 3.8) is 0 Å². The predicted octanol–water partition coefficient (Wildman–Crippen LogP) is 3.97. The van der Waals surface area contributed by atoms with Gasteiger partial charge in [0.05, 0.1) is 23.4 Å². The van der Waals surface area contributed by atoms with Gasteiger partial charge in [0.25, 0.3) is 11.8 Å². The average molecular weight is 389 g/mol. The van der Waals surface area contributed by atoms with Gasteiger partial charge in [0.1, 0.15) is 5.75 Å². The van der Waals surface area contributed by atoms with Crippen LogP contribution in [-0.2, 0) is 6.54 Å². The van der Waals surface area contributed by atoms with Crippen LogP contribution in [0.2, 0.25) is 0 Å². The molecule has 2 N–H and O–H groups in total. The van der Waals surface area contributed by atoms with Gasteiger partial charge in [-0.1, -0.05) is 36.4 Å². The number of amides is 2. The number of nitrogens with one attached hydrogen (secondary N) is 2. The standard InChI is InChI=1S/C23H23N3O3/c1-3-29-21-11-7-6-10-20(21)26-23(28)19-12-18(13-24-14-19)22(27)25-15-17-9-5-4-8-16(17)2/h4-14H,3,15H2,1-2H3,(H,25,27)(H,26,28). The lowest BCUT2D eigenvalue weighted by Gasteiger charge is -2.12. The van der Waals surface area contributed by atoms with Crippen molar-refractivity contribution in [2.75, 3.05) is 11.9 Å². The van der Waals surface area contributed by atoms with Crippen molar-refractivity contribution >= 4 is 17.5 Å². The molecule has 0 atom stereocenters. The smallest absolute Gasteiger partial charge is 0.257 e. The van der Waals surface area contributed by atoms with E-state index < -0.39 is 0 Å². The highest BCUT2D eigenvalue weighted by Gasteiger charge is 2.13. The molecule has 1 aromatic heterocycles. The minimum atomic E-state index is -0.363. The van der Waals surface area contributed by atoms with Crippen LogP contribution in [0.3, 0.4) is 0 Å². The zero-order valence-corrected chi connectivity index (χ0v) is 16.4. The molecule has 3 aromatic rings. The Morgan fingerprint density at radius 3 is 2.41 bits per heavy atom. The molecular formula is C23H23N3O3. The Labute approximate surface area is 169 Å². The summed E-state index contributed by atoms with van der Waals surface area (Å²) in [5, 5.41) is 5.67. The van der Waals surface area contributed by atoms with Gasteiger partial charge >= 0.3 is 0 Å². The summed E-state index contributed by atoms with van der Waals surface area (Å²) in [7, 11) is 0. The van der Waals surface area contributed by atoms with Crippen molar-refractivity contribution < 1.29 is 14.3 Å². The summed E-state index contributed by atoms with van der Waals surface area (Å²) in [5.41, 5.74) is 3.32. The van der Waals surface area contributed by atoms with E-state index in [1.54, 1.807) is 12.1 Å². The molecule has 0 saturated heterocycles. The lowest BCUT2D eigenvalue weighted by Crippen LogP contribution is -2.24. The van der Waals surface area contributed by atoms with Crippen LogP contribution < -0.4 is 15.4 Å². The summed E-state index contributed by atoms with van der Waals surface area (Å²) < 4.78 is 5.52. The molecule has 0 unspecified atom stereocenters. The first-order valence-corrected chi connectivity index (χ1v) is 9.39. The molecule has 6 nitrogen and oxygen atoms in total. The maximum Gasteiger partial charge on any atom is 0.257 e. The van der Waals surface area contributed by atoms with Gasteiger partial charge in [0.15, 0.2) is 0 Å². The summed E-state index contributed by atoms with van der Waals surface area (Å²) >= 11 is 0. The molecule has 0 radical (unpaired) electrons. The molecule has 0 aliphatic heterocycles. The van der Waals surface area contributed by atoms with Crippen LogP contribution in [0.15, 0.2) is 67.0 Å². The van der Waals surface area contributed by atoms with Gasteiger partial charge in [-0.25, -0.2) is 0 Å². The van der Waals surface area contributed by atoms with Crippen LogP contribution in [0.1, 0.15) is 38.8 Å². The van der Waals surface area contributed by atoms with Crippen LogP contribution in [0.4, 0.5) is 5.69 Å². The molecule has 0 aliphatic rings. The van der Waals surface area contributed by atoms with E-state index in [2.05, 4.69) is 15.6 Å². The van der Waals surface area contributed by atoms with Crippen molar-refractivity contribution in [3.8, 4) is 5.75 Å². The largest absolute Gasteiger partial charge is 0.492 e. The van der Waals surface area contributed by atoms with Crippen LogP contribution in [-0.4, -0.2) is 23.4 Å². The monoisotopic (exact) mass is 389 g/mol. The van der Waals surface area contributed by atoms with E-state index in [1.165, 1.54) is 18.5 Å². The minimum absolute atomic E-state index is 0.287. The Hall–Kier alpha value is -3.67. The molecule has 0 aliphatic carbocycles. The van der Waals surface area contributed by atoms with Gasteiger partial charge in [-0.2, -0.15) is 0 Å². The second-order valence-corrected chi connectivity index (χ2v) is 6.45. The average Bonchev–Trinajstić information content (AvgIpc) is 2.74. The number of nitrogens with zero attached hydrogens (tertiary/aromatic N) is 1. The number of aromatic nitrogens is 1. The first-order valence-electron chi connectivity index (χ1n) is 9.39. The first kappa shape index (κ1) is 20.1. The van der Waals surface area contributed by atoms with E-state index >= 15 is 0 Å². The fraction of sp³-hybridized carbons (Fsp3) is 0.174. The Morgan fingerprint density at radius 2 is 1.66 bits per heavy atom. The topological polar surface area (TPSA) is 80.3 Å². The first-order chi connectivity index (χ1) is 14.1. The number of para-hydroxylation sites is 2. The van der Waals surface area contributed by atoms with E-state index in [0.29, 0.717) is 35.7 Å². The van der Waals surface area contributed by atoms with Gasteiger partial charge in [-0.3, -0.25) is 14.6 Å². The molecular weight excluding hydrogens is 366 g/mol. The van der Waals surface area contributed by atoms with E-state index in [1.807, 2.05) is 50.2 Å². The summed E-state index contributed by atoms with van der Waals surface area (Å²) in [4.78, 5) is 29.2. The number of ether oxygens (including phenoxy) is 1. The number of carbonyl (C=O) groups is 2. The third-order valence-corrected chi connectivity index (χ3v) is 4.40. The Bertz CT molecular complexity index is 1020. The van der Waals surface area contributed by atoms with Crippen molar-refractivity contribution in [2.24, 2.45) is 0 Å². The number of hydrogen-bond acceptors (Lipinski definition) is 4. The number of benzene rings is 2. The number of aryl methyl sites for hydroxylation is 1. The molecule has 0 spiro atoms. The van der Waals surface area contributed by atoms with Gasteiger partial charge in [0.2, 0.25) is 0 Å². The van der Waals surface area contributed by atoms with E-state index in [0.717, 1.165) is 11.1 Å². The lowest BCUT2D eigenvalue weighted by molar-refractivity contribution is 0.0950. The minimum Gasteiger partial charge on any atom is -0.492 e. The van der Waals surface area contributed by atoms with Gasteiger partial charge in [-0.15, -0.1) is 0 Å². The number of carbonyl (C=O) groups excluding carboxylic acids is 2. The quantitative estimate of drug-likeness (QED) is 0.641. The predicted molar refractivity (Wildman–Crippen MR) is 112 cm³/mol. The SMILES string of the molecule is CCOc1ccccc1NC(=O)c1cncc(C(=O)NCc2ccccc2C)c1. The molecule has 1 heterocycles. The molecule has 0 saturated carbocycles. The van der Waals surface area contributed by atoms with Crippen LogP contribution in [0, 0.1) is 6.92 Å².